The largest absolute Gasteiger partial charge is 0.461 e. The summed E-state index contributed by atoms with van der Waals surface area (Å²) in [6, 6.07) is 12.3. The zero-order chi connectivity index (χ0) is 19.4. The first kappa shape index (κ1) is 18.0. The predicted octanol–water partition coefficient (Wildman–Crippen LogP) is 2.45. The molecule has 2 amide bonds. The van der Waals surface area contributed by atoms with Crippen LogP contribution in [0.5, 0.6) is 0 Å². The smallest absolute Gasteiger partial charge is 0.330 e. The normalized spacial score (nSPS) is 13.1. The number of non-ortho nitro benzene ring substituents is 1. The number of imide groups is 1. The molecule has 0 unspecified atom stereocenters. The van der Waals surface area contributed by atoms with Crippen molar-refractivity contribution < 1.29 is 24.0 Å². The molecule has 0 atom stereocenters. The van der Waals surface area contributed by atoms with Crippen molar-refractivity contribution in [2.45, 2.75) is 0 Å². The van der Waals surface area contributed by atoms with Gasteiger partial charge in [0, 0.05) is 18.2 Å². The zero-order valence-corrected chi connectivity index (χ0v) is 14.0. The molecule has 1 aliphatic rings. The number of nitro groups is 1. The second-order valence-corrected chi connectivity index (χ2v) is 5.66. The van der Waals surface area contributed by atoms with Crippen LogP contribution >= 0.6 is 0 Å². The maximum absolute atomic E-state index is 12.2. The van der Waals surface area contributed by atoms with Crippen molar-refractivity contribution in [3.05, 3.63) is 81.4 Å². The summed E-state index contributed by atoms with van der Waals surface area (Å²) < 4.78 is 4.99. The van der Waals surface area contributed by atoms with Crippen molar-refractivity contribution in [1.82, 2.24) is 4.90 Å². The molecule has 1 aliphatic heterocycles. The Morgan fingerprint density at radius 2 is 1.74 bits per heavy atom. The molecule has 1 heterocycles. The standard InChI is InChI=1S/C19H14N2O6/c22-17(9-8-13-4-3-5-14(12-13)21(25)26)27-11-10-20-18(23)15-6-1-2-7-16(15)19(20)24/h1-9,12H,10-11H2. The average molecular weight is 366 g/mol. The van der Waals surface area contributed by atoms with Crippen LogP contribution in [0.2, 0.25) is 0 Å². The van der Waals surface area contributed by atoms with E-state index in [2.05, 4.69) is 0 Å². The first-order valence-corrected chi connectivity index (χ1v) is 8.02. The third-order valence-electron chi connectivity index (χ3n) is 3.93. The van der Waals surface area contributed by atoms with E-state index in [1.807, 2.05) is 0 Å². The second-order valence-electron chi connectivity index (χ2n) is 5.66. The quantitative estimate of drug-likeness (QED) is 0.255. The highest BCUT2D eigenvalue weighted by atomic mass is 16.6. The van der Waals surface area contributed by atoms with Gasteiger partial charge in [-0.3, -0.25) is 24.6 Å². The maximum Gasteiger partial charge on any atom is 0.330 e. The van der Waals surface area contributed by atoms with Gasteiger partial charge >= 0.3 is 5.97 Å². The molecule has 0 aromatic heterocycles. The maximum atomic E-state index is 12.2. The van der Waals surface area contributed by atoms with Crippen LogP contribution in [0.3, 0.4) is 0 Å². The van der Waals surface area contributed by atoms with Crippen LogP contribution < -0.4 is 0 Å². The monoisotopic (exact) mass is 366 g/mol. The number of hydrogen-bond donors (Lipinski definition) is 0. The van der Waals surface area contributed by atoms with Crippen molar-refractivity contribution in [1.29, 1.82) is 0 Å². The molecule has 8 heteroatoms. The van der Waals surface area contributed by atoms with Crippen LogP contribution in [-0.2, 0) is 9.53 Å². The molecular formula is C19H14N2O6. The van der Waals surface area contributed by atoms with Crippen LogP contribution in [0.25, 0.3) is 6.08 Å². The van der Waals surface area contributed by atoms with E-state index in [-0.39, 0.29) is 18.8 Å². The summed E-state index contributed by atoms with van der Waals surface area (Å²) in [7, 11) is 0. The fourth-order valence-electron chi connectivity index (χ4n) is 2.63. The van der Waals surface area contributed by atoms with Gasteiger partial charge in [-0.15, -0.1) is 0 Å². The van der Waals surface area contributed by atoms with Gasteiger partial charge in [0.15, 0.2) is 0 Å². The molecule has 0 spiro atoms. The van der Waals surface area contributed by atoms with Crippen molar-refractivity contribution in [3.63, 3.8) is 0 Å². The number of esters is 1. The van der Waals surface area contributed by atoms with Crippen LogP contribution in [0.4, 0.5) is 5.69 Å². The second kappa shape index (κ2) is 7.61. The predicted molar refractivity (Wildman–Crippen MR) is 94.9 cm³/mol. The molecule has 0 N–H and O–H groups in total. The van der Waals surface area contributed by atoms with Gasteiger partial charge in [0.2, 0.25) is 0 Å². The van der Waals surface area contributed by atoms with Crippen LogP contribution in [0.1, 0.15) is 26.3 Å². The van der Waals surface area contributed by atoms with Crippen LogP contribution in [0, 0.1) is 10.1 Å². The third kappa shape index (κ3) is 3.90. The summed E-state index contributed by atoms with van der Waals surface area (Å²) in [5, 5.41) is 10.7. The molecule has 136 valence electrons. The molecule has 2 aromatic rings. The fourth-order valence-corrected chi connectivity index (χ4v) is 2.63. The Hall–Kier alpha value is -3.81. The van der Waals surface area contributed by atoms with Gasteiger partial charge in [-0.2, -0.15) is 0 Å². The minimum Gasteiger partial charge on any atom is -0.461 e. The lowest BCUT2D eigenvalue weighted by atomic mass is 10.1. The number of carbonyl (C=O) groups excluding carboxylic acids is 3. The lowest BCUT2D eigenvalue weighted by molar-refractivity contribution is -0.384. The van der Waals surface area contributed by atoms with Gasteiger partial charge in [-0.25, -0.2) is 4.79 Å². The number of carbonyl (C=O) groups is 3. The topological polar surface area (TPSA) is 107 Å². The number of amides is 2. The summed E-state index contributed by atoms with van der Waals surface area (Å²) in [6.45, 7) is -0.202. The molecule has 0 bridgehead atoms. The van der Waals surface area contributed by atoms with E-state index in [4.69, 9.17) is 4.74 Å². The summed E-state index contributed by atoms with van der Waals surface area (Å²) in [5.41, 5.74) is 1.05. The van der Waals surface area contributed by atoms with Gasteiger partial charge in [0.25, 0.3) is 17.5 Å². The number of rotatable bonds is 6. The Labute approximate surface area is 153 Å². The Kier molecular flexibility index (Phi) is 5.07. The first-order valence-electron chi connectivity index (χ1n) is 8.02. The molecular weight excluding hydrogens is 352 g/mol. The Bertz CT molecular complexity index is 931. The molecule has 3 rings (SSSR count). The van der Waals surface area contributed by atoms with Crippen LogP contribution in [-0.4, -0.2) is 40.8 Å². The van der Waals surface area contributed by atoms with Crippen molar-refractivity contribution in [2.24, 2.45) is 0 Å². The van der Waals surface area contributed by atoms with Gasteiger partial charge in [0.1, 0.15) is 6.61 Å². The molecule has 0 aliphatic carbocycles. The number of nitrogens with zero attached hydrogens (tertiary/aromatic N) is 2. The molecule has 0 saturated carbocycles. The minimum atomic E-state index is -0.682. The number of nitro benzene ring substituents is 1. The Morgan fingerprint density at radius 1 is 1.07 bits per heavy atom. The first-order chi connectivity index (χ1) is 13.0. The highest BCUT2D eigenvalue weighted by Gasteiger charge is 2.34. The van der Waals surface area contributed by atoms with Gasteiger partial charge in [-0.1, -0.05) is 24.3 Å². The highest BCUT2D eigenvalue weighted by Crippen LogP contribution is 2.22. The lowest BCUT2D eigenvalue weighted by Crippen LogP contribution is -2.33. The van der Waals surface area contributed by atoms with Gasteiger partial charge < -0.3 is 4.74 Å². The van der Waals surface area contributed by atoms with Gasteiger partial charge in [0.05, 0.1) is 22.6 Å². The van der Waals surface area contributed by atoms with Crippen molar-refractivity contribution in [3.8, 4) is 0 Å². The van der Waals surface area contributed by atoms with E-state index >= 15 is 0 Å². The molecule has 2 aromatic carbocycles. The van der Waals surface area contributed by atoms with E-state index in [0.717, 1.165) is 11.0 Å². The third-order valence-corrected chi connectivity index (χ3v) is 3.93. The van der Waals surface area contributed by atoms with Crippen LogP contribution in [0.15, 0.2) is 54.6 Å². The highest BCUT2D eigenvalue weighted by molar-refractivity contribution is 6.21. The zero-order valence-electron chi connectivity index (χ0n) is 14.0. The summed E-state index contributed by atoms with van der Waals surface area (Å²) in [6.07, 6.45) is 2.51. The molecule has 0 radical (unpaired) electrons. The van der Waals surface area contributed by atoms with E-state index in [9.17, 15) is 24.5 Å². The SMILES string of the molecule is O=C(C=Cc1cccc([N+](=O)[O-])c1)OCCN1C(=O)c2ccccc2C1=O. The average Bonchev–Trinajstić information content (AvgIpc) is 2.92. The van der Waals surface area contributed by atoms with Crippen molar-refractivity contribution in [2.75, 3.05) is 13.2 Å². The Morgan fingerprint density at radius 3 is 2.37 bits per heavy atom. The molecule has 27 heavy (non-hydrogen) atoms. The van der Waals surface area contributed by atoms with E-state index in [1.54, 1.807) is 30.3 Å². The summed E-state index contributed by atoms with van der Waals surface area (Å²) in [5.74, 6) is -1.52. The number of benzene rings is 2. The Balaban J connectivity index is 1.53. The number of ether oxygens (including phenoxy) is 1. The van der Waals surface area contributed by atoms with Gasteiger partial charge in [-0.05, 0) is 23.8 Å². The molecule has 8 nitrogen and oxygen atoms in total. The number of fused-ring (bicyclic) bond motifs is 1. The molecule has 0 saturated heterocycles. The number of hydrogen-bond acceptors (Lipinski definition) is 6. The van der Waals surface area contributed by atoms with E-state index in [1.165, 1.54) is 24.3 Å². The summed E-state index contributed by atoms with van der Waals surface area (Å²) >= 11 is 0. The van der Waals surface area contributed by atoms with E-state index in [0.29, 0.717) is 16.7 Å². The fraction of sp³-hybridized carbons (Fsp3) is 0.105. The minimum absolute atomic E-state index is 0.0528. The lowest BCUT2D eigenvalue weighted by Gasteiger charge is -2.13. The van der Waals surface area contributed by atoms with E-state index < -0.39 is 22.7 Å². The van der Waals surface area contributed by atoms with Crippen molar-refractivity contribution >= 4 is 29.5 Å². The molecule has 0 fully saturated rings. The summed E-state index contributed by atoms with van der Waals surface area (Å²) in [4.78, 5) is 47.3.